The maximum Gasteiger partial charge on any atom is 0.274 e. The average molecular weight is 425 g/mol. The third-order valence-corrected chi connectivity index (χ3v) is 7.23. The van der Waals surface area contributed by atoms with Crippen LogP contribution in [0.25, 0.3) is 10.9 Å². The molecule has 8 heteroatoms. The number of fused-ring (bicyclic) bond motifs is 1. The van der Waals surface area contributed by atoms with Gasteiger partial charge in [0.05, 0.1) is 10.4 Å². The minimum atomic E-state index is -3.61. The Hall–Kier alpha value is -2.81. The number of carbonyl (C=O) groups excluding carboxylic acids is 1. The molecule has 0 atom stereocenters. The van der Waals surface area contributed by atoms with Gasteiger partial charge in [-0.1, -0.05) is 37.3 Å². The van der Waals surface area contributed by atoms with Gasteiger partial charge < -0.3 is 10.2 Å². The number of nitrogens with one attached hydrogen (secondary N) is 1. The molecule has 2 heterocycles. The zero-order chi connectivity index (χ0) is 21.1. The monoisotopic (exact) mass is 424 g/mol. The number of benzene rings is 2. The van der Waals surface area contributed by atoms with Crippen molar-refractivity contribution >= 4 is 32.5 Å². The van der Waals surface area contributed by atoms with Crippen molar-refractivity contribution in [3.8, 4) is 0 Å². The molecular formula is C22H24N4O3S. The largest absolute Gasteiger partial charge is 0.321 e. The van der Waals surface area contributed by atoms with E-state index in [2.05, 4.69) is 22.1 Å². The van der Waals surface area contributed by atoms with E-state index in [-0.39, 0.29) is 16.5 Å². The van der Waals surface area contributed by atoms with Crippen LogP contribution in [0.2, 0.25) is 0 Å². The summed E-state index contributed by atoms with van der Waals surface area (Å²) >= 11 is 0. The van der Waals surface area contributed by atoms with E-state index in [9.17, 15) is 13.2 Å². The molecule has 156 valence electrons. The van der Waals surface area contributed by atoms with E-state index in [1.54, 1.807) is 24.3 Å². The number of pyridine rings is 1. The lowest BCUT2D eigenvalue weighted by atomic mass is 10.2. The van der Waals surface area contributed by atoms with Crippen molar-refractivity contribution in [1.82, 2.24) is 14.2 Å². The zero-order valence-electron chi connectivity index (χ0n) is 16.8. The normalized spacial score (nSPS) is 15.9. The highest BCUT2D eigenvalue weighted by molar-refractivity contribution is 7.89. The summed E-state index contributed by atoms with van der Waals surface area (Å²) in [5.74, 6) is -0.383. The summed E-state index contributed by atoms with van der Waals surface area (Å²) in [6.45, 7) is 5.36. The highest BCUT2D eigenvalue weighted by atomic mass is 32.2. The molecule has 0 unspecified atom stereocenters. The van der Waals surface area contributed by atoms with Gasteiger partial charge in [0.1, 0.15) is 5.69 Å². The van der Waals surface area contributed by atoms with E-state index in [0.29, 0.717) is 18.8 Å². The topological polar surface area (TPSA) is 82.6 Å². The van der Waals surface area contributed by atoms with Gasteiger partial charge in [-0.05, 0) is 36.9 Å². The molecule has 0 aliphatic carbocycles. The van der Waals surface area contributed by atoms with Crippen LogP contribution in [-0.4, -0.2) is 61.2 Å². The summed E-state index contributed by atoms with van der Waals surface area (Å²) in [6, 6.07) is 17.4. The van der Waals surface area contributed by atoms with Gasteiger partial charge in [-0.25, -0.2) is 13.4 Å². The Balaban J connectivity index is 1.52. The van der Waals surface area contributed by atoms with E-state index < -0.39 is 10.0 Å². The second kappa shape index (κ2) is 8.51. The van der Waals surface area contributed by atoms with Crippen molar-refractivity contribution in [2.45, 2.75) is 11.8 Å². The lowest BCUT2D eigenvalue weighted by Gasteiger charge is -2.33. The lowest BCUT2D eigenvalue weighted by molar-refractivity contribution is 0.102. The van der Waals surface area contributed by atoms with E-state index in [0.717, 1.165) is 30.5 Å². The summed E-state index contributed by atoms with van der Waals surface area (Å²) < 4.78 is 27.5. The first kappa shape index (κ1) is 20.5. The Morgan fingerprint density at radius 3 is 2.53 bits per heavy atom. The maximum atomic E-state index is 13.0. The molecule has 0 radical (unpaired) electrons. The highest BCUT2D eigenvalue weighted by Crippen LogP contribution is 2.21. The summed E-state index contributed by atoms with van der Waals surface area (Å²) in [6.07, 6.45) is 0. The molecule has 1 saturated heterocycles. The molecule has 0 spiro atoms. The number of hydrogen-bond acceptors (Lipinski definition) is 5. The summed E-state index contributed by atoms with van der Waals surface area (Å²) in [5.41, 5.74) is 1.42. The van der Waals surface area contributed by atoms with Crippen molar-refractivity contribution in [3.63, 3.8) is 0 Å². The molecule has 1 aliphatic rings. The van der Waals surface area contributed by atoms with Crippen LogP contribution in [0, 0.1) is 0 Å². The van der Waals surface area contributed by atoms with E-state index in [4.69, 9.17) is 0 Å². The van der Waals surface area contributed by atoms with Gasteiger partial charge in [0.2, 0.25) is 10.0 Å². The first-order valence-corrected chi connectivity index (χ1v) is 11.4. The fraction of sp³-hybridized carbons (Fsp3) is 0.273. The molecule has 2 aromatic carbocycles. The molecule has 1 aliphatic heterocycles. The van der Waals surface area contributed by atoms with Crippen LogP contribution in [0.4, 0.5) is 5.69 Å². The van der Waals surface area contributed by atoms with Gasteiger partial charge in [0.25, 0.3) is 5.91 Å². The third kappa shape index (κ3) is 4.21. The van der Waals surface area contributed by atoms with Crippen LogP contribution in [0.15, 0.2) is 65.6 Å². The average Bonchev–Trinajstić information content (AvgIpc) is 2.79. The highest BCUT2D eigenvalue weighted by Gasteiger charge is 2.28. The minimum absolute atomic E-state index is 0.178. The Bertz CT molecular complexity index is 1170. The van der Waals surface area contributed by atoms with Crippen LogP contribution >= 0.6 is 0 Å². The third-order valence-electron chi connectivity index (χ3n) is 5.34. The van der Waals surface area contributed by atoms with Gasteiger partial charge in [-0.15, -0.1) is 0 Å². The van der Waals surface area contributed by atoms with Crippen LogP contribution in [0.3, 0.4) is 0 Å². The van der Waals surface area contributed by atoms with E-state index in [1.807, 2.05) is 30.3 Å². The Kier molecular flexibility index (Phi) is 5.80. The van der Waals surface area contributed by atoms with Gasteiger partial charge >= 0.3 is 0 Å². The molecule has 3 aromatic rings. The van der Waals surface area contributed by atoms with Gasteiger partial charge in [-0.3, -0.25) is 4.79 Å². The van der Waals surface area contributed by atoms with Crippen molar-refractivity contribution in [3.05, 3.63) is 66.4 Å². The molecule has 1 N–H and O–H groups in total. The van der Waals surface area contributed by atoms with Crippen LogP contribution < -0.4 is 5.32 Å². The molecule has 0 bridgehead atoms. The zero-order valence-corrected chi connectivity index (χ0v) is 17.6. The molecule has 7 nitrogen and oxygen atoms in total. The number of anilines is 1. The fourth-order valence-corrected chi connectivity index (χ4v) is 5.03. The Morgan fingerprint density at radius 1 is 1.00 bits per heavy atom. The molecule has 1 aromatic heterocycles. The van der Waals surface area contributed by atoms with E-state index >= 15 is 0 Å². The van der Waals surface area contributed by atoms with Crippen LogP contribution in [0.5, 0.6) is 0 Å². The van der Waals surface area contributed by atoms with Gasteiger partial charge in [0, 0.05) is 37.3 Å². The standard InChI is InChI=1S/C22H24N4O3S/c1-2-25-12-14-26(15-13-25)30(28,29)19-8-5-7-18(16-19)23-22(27)21-11-10-17-6-3-4-9-20(17)24-21/h3-11,16H,2,12-15H2,1H3,(H,23,27). The fourth-order valence-electron chi connectivity index (χ4n) is 3.56. The van der Waals surface area contributed by atoms with E-state index in [1.165, 1.54) is 10.4 Å². The Morgan fingerprint density at radius 2 is 1.77 bits per heavy atom. The molecule has 1 fully saturated rings. The van der Waals surface area contributed by atoms with Gasteiger partial charge in [-0.2, -0.15) is 4.31 Å². The second-order valence-electron chi connectivity index (χ2n) is 7.21. The molecule has 1 amide bonds. The van der Waals surface area contributed by atoms with Crippen molar-refractivity contribution in [2.75, 3.05) is 38.0 Å². The first-order valence-electron chi connectivity index (χ1n) is 9.97. The molecular weight excluding hydrogens is 400 g/mol. The molecule has 30 heavy (non-hydrogen) atoms. The number of para-hydroxylation sites is 1. The predicted molar refractivity (Wildman–Crippen MR) is 117 cm³/mol. The number of rotatable bonds is 5. The number of amides is 1. The maximum absolute atomic E-state index is 13.0. The number of piperazine rings is 1. The second-order valence-corrected chi connectivity index (χ2v) is 9.15. The number of sulfonamides is 1. The molecule has 0 saturated carbocycles. The van der Waals surface area contributed by atoms with Gasteiger partial charge in [0.15, 0.2) is 0 Å². The minimum Gasteiger partial charge on any atom is -0.321 e. The number of nitrogens with zero attached hydrogens (tertiary/aromatic N) is 3. The van der Waals surface area contributed by atoms with Crippen molar-refractivity contribution < 1.29 is 13.2 Å². The van der Waals surface area contributed by atoms with Crippen molar-refractivity contribution in [1.29, 1.82) is 0 Å². The summed E-state index contributed by atoms with van der Waals surface area (Å²) in [4.78, 5) is 19.4. The Labute approximate surface area is 176 Å². The lowest BCUT2D eigenvalue weighted by Crippen LogP contribution is -2.48. The van der Waals surface area contributed by atoms with Crippen LogP contribution in [0.1, 0.15) is 17.4 Å². The summed E-state index contributed by atoms with van der Waals surface area (Å²) in [5, 5.41) is 3.71. The number of carbonyl (C=O) groups is 1. The predicted octanol–water partition coefficient (Wildman–Crippen LogP) is 2.81. The number of hydrogen-bond donors (Lipinski definition) is 1. The van der Waals surface area contributed by atoms with Crippen LogP contribution in [-0.2, 0) is 10.0 Å². The summed E-state index contributed by atoms with van der Waals surface area (Å²) in [7, 11) is -3.61. The number of aromatic nitrogens is 1. The van der Waals surface area contributed by atoms with Crippen molar-refractivity contribution in [2.24, 2.45) is 0 Å². The smallest absolute Gasteiger partial charge is 0.274 e. The number of likely N-dealkylation sites (N-methyl/N-ethyl adjacent to an activating group) is 1. The first-order chi connectivity index (χ1) is 14.5. The quantitative estimate of drug-likeness (QED) is 0.681. The molecule has 4 rings (SSSR count). The SMILES string of the molecule is CCN1CCN(S(=O)(=O)c2cccc(NC(=O)c3ccc4ccccc4n3)c2)CC1.